The summed E-state index contributed by atoms with van der Waals surface area (Å²) in [5.41, 5.74) is 1.06. The van der Waals surface area contributed by atoms with E-state index in [-0.39, 0.29) is 0 Å². The maximum atomic E-state index is 4.59. The SMILES string of the molecule is C(C#CCSc1nc2ccccc2s1)#CCSC1=CSC(=C2SC=CS2)S1. The van der Waals surface area contributed by atoms with Gasteiger partial charge < -0.3 is 0 Å². The fourth-order valence-electron chi connectivity index (χ4n) is 1.98. The van der Waals surface area contributed by atoms with Crippen molar-refractivity contribution in [1.82, 2.24) is 4.98 Å². The average Bonchev–Trinajstić information content (AvgIpc) is 3.43. The number of fused-ring (bicyclic) bond motifs is 1. The number of benzene rings is 1. The van der Waals surface area contributed by atoms with Gasteiger partial charge in [0, 0.05) is 0 Å². The predicted octanol–water partition coefficient (Wildman–Crippen LogP) is 7.49. The molecule has 4 rings (SSSR count). The third-order valence-corrected chi connectivity index (χ3v) is 11.4. The number of thioether (sulfide) groups is 6. The molecule has 0 spiro atoms. The summed E-state index contributed by atoms with van der Waals surface area (Å²) in [5.74, 6) is 13.6. The van der Waals surface area contributed by atoms with E-state index in [0.29, 0.717) is 0 Å². The van der Waals surface area contributed by atoms with Crippen LogP contribution >= 0.6 is 81.9 Å². The Labute approximate surface area is 188 Å². The number of para-hydroxylation sites is 1. The molecule has 3 heterocycles. The molecular weight excluding hydrogens is 467 g/mol. The number of rotatable bonds is 4. The summed E-state index contributed by atoms with van der Waals surface area (Å²) in [6.07, 6.45) is 0. The average molecular weight is 478 g/mol. The van der Waals surface area contributed by atoms with Crippen LogP contribution in [0.2, 0.25) is 0 Å². The molecule has 0 bridgehead atoms. The van der Waals surface area contributed by atoms with Crippen LogP contribution in [0.5, 0.6) is 0 Å². The zero-order valence-electron chi connectivity index (χ0n) is 13.8. The van der Waals surface area contributed by atoms with E-state index in [0.717, 1.165) is 21.4 Å². The maximum Gasteiger partial charge on any atom is 0.152 e. The lowest BCUT2D eigenvalue weighted by atomic mass is 10.3. The van der Waals surface area contributed by atoms with Crippen LogP contribution in [0.15, 0.2) is 57.5 Å². The van der Waals surface area contributed by atoms with Gasteiger partial charge in [0.05, 0.1) is 34.4 Å². The van der Waals surface area contributed by atoms with Gasteiger partial charge in [-0.25, -0.2) is 4.98 Å². The molecule has 0 aliphatic carbocycles. The highest BCUT2D eigenvalue weighted by molar-refractivity contribution is 8.37. The van der Waals surface area contributed by atoms with Crippen molar-refractivity contribution in [3.63, 3.8) is 0 Å². The van der Waals surface area contributed by atoms with Gasteiger partial charge in [-0.3, -0.25) is 0 Å². The summed E-state index contributed by atoms with van der Waals surface area (Å²) >= 11 is 12.5. The number of hydrogen-bond donors (Lipinski definition) is 0. The monoisotopic (exact) mass is 477 g/mol. The van der Waals surface area contributed by atoms with Crippen LogP contribution < -0.4 is 0 Å². The Morgan fingerprint density at radius 3 is 2.48 bits per heavy atom. The minimum Gasteiger partial charge on any atom is -0.230 e. The molecule has 0 saturated carbocycles. The second-order valence-electron chi connectivity index (χ2n) is 4.87. The Morgan fingerprint density at radius 2 is 1.67 bits per heavy atom. The normalized spacial score (nSPS) is 15.5. The van der Waals surface area contributed by atoms with Gasteiger partial charge >= 0.3 is 0 Å². The van der Waals surface area contributed by atoms with E-state index in [2.05, 4.69) is 51.0 Å². The van der Waals surface area contributed by atoms with Gasteiger partial charge in [0.25, 0.3) is 0 Å². The Bertz CT molecular complexity index is 1010. The Hall–Kier alpha value is -0.450. The largest absolute Gasteiger partial charge is 0.230 e. The van der Waals surface area contributed by atoms with E-state index in [1.807, 2.05) is 41.7 Å². The van der Waals surface area contributed by atoms with Crippen molar-refractivity contribution in [3.8, 4) is 23.7 Å². The third-order valence-electron chi connectivity index (χ3n) is 3.10. The van der Waals surface area contributed by atoms with Gasteiger partial charge in [0.2, 0.25) is 0 Å². The molecule has 2 aliphatic heterocycles. The van der Waals surface area contributed by atoms with Gasteiger partial charge in [-0.1, -0.05) is 82.8 Å². The van der Waals surface area contributed by atoms with Crippen LogP contribution in [0.25, 0.3) is 10.2 Å². The molecule has 1 nitrogen and oxygen atoms in total. The second-order valence-corrected chi connectivity index (χ2v) is 12.7. The molecular formula is C19H11NS7. The Balaban J connectivity index is 1.17. The van der Waals surface area contributed by atoms with Crippen molar-refractivity contribution >= 4 is 92.1 Å². The summed E-state index contributed by atoms with van der Waals surface area (Å²) < 4.78 is 6.39. The lowest BCUT2D eigenvalue weighted by Gasteiger charge is -2.00. The van der Waals surface area contributed by atoms with Crippen LogP contribution in [0.3, 0.4) is 0 Å². The summed E-state index contributed by atoms with van der Waals surface area (Å²) in [6.45, 7) is 0. The molecule has 27 heavy (non-hydrogen) atoms. The first-order valence-corrected chi connectivity index (χ1v) is 14.0. The highest BCUT2D eigenvalue weighted by Gasteiger charge is 2.18. The standard InChI is InChI=1S/C19H11NS7/c1(2-6-10-24-19-20-14-7-3-4-8-15(14)26-19)5-9-21-16-13-25-18(27-16)17-22-11-12-23-17/h3-4,7-8,11-13H,9-10H2. The van der Waals surface area contributed by atoms with Crippen molar-refractivity contribution in [1.29, 1.82) is 0 Å². The molecule has 134 valence electrons. The van der Waals surface area contributed by atoms with Gasteiger partial charge in [0.1, 0.15) is 0 Å². The fraction of sp³-hybridized carbons (Fsp3) is 0.105. The minimum absolute atomic E-state index is 0.722. The first-order chi connectivity index (χ1) is 13.4. The number of hydrogen-bond acceptors (Lipinski definition) is 8. The highest BCUT2D eigenvalue weighted by atomic mass is 32.2. The van der Waals surface area contributed by atoms with E-state index in [1.165, 1.54) is 17.4 Å². The maximum absolute atomic E-state index is 4.59. The van der Waals surface area contributed by atoms with Crippen LogP contribution in [0.4, 0.5) is 0 Å². The van der Waals surface area contributed by atoms with Crippen LogP contribution in [0.1, 0.15) is 0 Å². The molecule has 0 amide bonds. The third kappa shape index (κ3) is 5.77. The van der Waals surface area contributed by atoms with Crippen molar-refractivity contribution in [2.24, 2.45) is 0 Å². The van der Waals surface area contributed by atoms with Gasteiger partial charge in [0.15, 0.2) is 4.34 Å². The van der Waals surface area contributed by atoms with Crippen molar-refractivity contribution in [3.05, 3.63) is 53.2 Å². The van der Waals surface area contributed by atoms with Gasteiger partial charge in [-0.2, -0.15) is 0 Å². The summed E-state index contributed by atoms with van der Waals surface area (Å²) in [6, 6.07) is 8.21. The Morgan fingerprint density at radius 1 is 0.889 bits per heavy atom. The molecule has 8 heteroatoms. The molecule has 1 aromatic carbocycles. The first-order valence-electron chi connectivity index (χ1n) is 7.73. The van der Waals surface area contributed by atoms with Crippen LogP contribution in [-0.2, 0) is 0 Å². The smallest absolute Gasteiger partial charge is 0.152 e. The molecule has 2 aliphatic rings. The Kier molecular flexibility index (Phi) is 7.62. The summed E-state index contributed by atoms with van der Waals surface area (Å²) in [5, 5.41) is 6.50. The quantitative estimate of drug-likeness (QED) is 0.330. The lowest BCUT2D eigenvalue weighted by Crippen LogP contribution is -1.73. The van der Waals surface area contributed by atoms with Crippen molar-refractivity contribution in [2.75, 3.05) is 11.5 Å². The van der Waals surface area contributed by atoms with Gasteiger partial charge in [-0.15, -0.1) is 23.1 Å². The fourth-order valence-corrected chi connectivity index (χ4v) is 9.37. The molecule has 0 N–H and O–H groups in total. The molecule has 0 unspecified atom stereocenters. The topological polar surface area (TPSA) is 12.9 Å². The summed E-state index contributed by atoms with van der Waals surface area (Å²) in [7, 11) is 0. The van der Waals surface area contributed by atoms with Crippen molar-refractivity contribution < 1.29 is 0 Å². The van der Waals surface area contributed by atoms with E-state index in [4.69, 9.17) is 0 Å². The van der Waals surface area contributed by atoms with E-state index in [9.17, 15) is 0 Å². The van der Waals surface area contributed by atoms with Gasteiger partial charge in [-0.05, 0) is 40.2 Å². The number of thiazole rings is 1. The van der Waals surface area contributed by atoms with Crippen LogP contribution in [0, 0.1) is 23.7 Å². The van der Waals surface area contributed by atoms with E-state index < -0.39 is 0 Å². The molecule has 0 radical (unpaired) electrons. The van der Waals surface area contributed by atoms with Crippen molar-refractivity contribution in [2.45, 2.75) is 4.34 Å². The van der Waals surface area contributed by atoms with E-state index >= 15 is 0 Å². The second kappa shape index (κ2) is 10.4. The lowest BCUT2D eigenvalue weighted by molar-refractivity contribution is 1.31. The molecule has 0 atom stereocenters. The number of aromatic nitrogens is 1. The van der Waals surface area contributed by atoms with E-state index in [1.54, 1.807) is 58.4 Å². The zero-order chi connectivity index (χ0) is 18.3. The number of nitrogens with zero attached hydrogens (tertiary/aromatic N) is 1. The molecule has 0 saturated heterocycles. The predicted molar refractivity (Wildman–Crippen MR) is 133 cm³/mol. The molecule has 0 fully saturated rings. The van der Waals surface area contributed by atoms with Crippen LogP contribution in [-0.4, -0.2) is 16.5 Å². The molecule has 2 aromatic rings. The molecule has 1 aromatic heterocycles. The summed E-state index contributed by atoms with van der Waals surface area (Å²) in [4.78, 5) is 4.59. The highest BCUT2D eigenvalue weighted by Crippen LogP contribution is 2.55. The zero-order valence-corrected chi connectivity index (χ0v) is 19.5. The minimum atomic E-state index is 0.722. The first kappa shape index (κ1) is 19.8.